The Bertz CT molecular complexity index is 189. The standard InChI is InChI=1S/C11H24O5/c1-11(2,3)5-7(12)9(14)10(15)8(13)6-16-4/h7-10,12-15H,5-6H2,1-4H3/t7-,8+,9+,10-/m0/s1. The van der Waals surface area contributed by atoms with Crippen LogP contribution in [0.25, 0.3) is 0 Å². The first-order chi connectivity index (χ1) is 7.19. The lowest BCUT2D eigenvalue weighted by Gasteiger charge is -2.30. The lowest BCUT2D eigenvalue weighted by molar-refractivity contribution is -0.124. The molecule has 0 rings (SSSR count). The molecule has 5 nitrogen and oxygen atoms in total. The normalized spacial score (nSPS) is 20.2. The maximum Gasteiger partial charge on any atom is 0.110 e. The number of hydrogen-bond acceptors (Lipinski definition) is 5. The van der Waals surface area contributed by atoms with E-state index in [1.807, 2.05) is 20.8 Å². The van der Waals surface area contributed by atoms with Gasteiger partial charge in [-0.3, -0.25) is 0 Å². The Hall–Kier alpha value is -0.200. The molecule has 0 aliphatic carbocycles. The van der Waals surface area contributed by atoms with E-state index in [2.05, 4.69) is 4.74 Å². The van der Waals surface area contributed by atoms with Crippen molar-refractivity contribution < 1.29 is 25.2 Å². The van der Waals surface area contributed by atoms with E-state index < -0.39 is 24.4 Å². The van der Waals surface area contributed by atoms with Gasteiger partial charge in [0.1, 0.15) is 18.3 Å². The molecule has 0 aliphatic heterocycles. The van der Waals surface area contributed by atoms with Gasteiger partial charge in [0.25, 0.3) is 0 Å². The predicted octanol–water partition coefficient (Wildman–Crippen LogP) is -0.487. The van der Waals surface area contributed by atoms with Gasteiger partial charge in [0, 0.05) is 7.11 Å². The largest absolute Gasteiger partial charge is 0.390 e. The van der Waals surface area contributed by atoms with Crippen LogP contribution in [0.15, 0.2) is 0 Å². The van der Waals surface area contributed by atoms with Crippen LogP contribution in [0.4, 0.5) is 0 Å². The number of ether oxygens (including phenoxy) is 1. The third-order valence-corrected chi connectivity index (χ3v) is 2.30. The lowest BCUT2D eigenvalue weighted by atomic mass is 9.86. The Balaban J connectivity index is 4.25. The van der Waals surface area contributed by atoms with Crippen molar-refractivity contribution in [1.29, 1.82) is 0 Å². The highest BCUT2D eigenvalue weighted by molar-refractivity contribution is 4.83. The monoisotopic (exact) mass is 236 g/mol. The van der Waals surface area contributed by atoms with E-state index in [0.717, 1.165) is 0 Å². The molecule has 0 aromatic rings. The van der Waals surface area contributed by atoms with Gasteiger partial charge in [0.15, 0.2) is 0 Å². The van der Waals surface area contributed by atoms with E-state index >= 15 is 0 Å². The molecule has 0 bridgehead atoms. The average Bonchev–Trinajstić information content (AvgIpc) is 2.13. The minimum absolute atomic E-state index is 0.0829. The Morgan fingerprint density at radius 2 is 1.38 bits per heavy atom. The van der Waals surface area contributed by atoms with Crippen LogP contribution in [0.2, 0.25) is 0 Å². The zero-order valence-electron chi connectivity index (χ0n) is 10.4. The first kappa shape index (κ1) is 15.8. The van der Waals surface area contributed by atoms with Crippen LogP contribution in [0.3, 0.4) is 0 Å². The van der Waals surface area contributed by atoms with Gasteiger partial charge in [-0.2, -0.15) is 0 Å². The van der Waals surface area contributed by atoms with Crippen molar-refractivity contribution in [2.75, 3.05) is 13.7 Å². The molecule has 16 heavy (non-hydrogen) atoms. The fourth-order valence-electron chi connectivity index (χ4n) is 1.47. The van der Waals surface area contributed by atoms with E-state index in [4.69, 9.17) is 0 Å². The van der Waals surface area contributed by atoms with Crippen molar-refractivity contribution in [3.05, 3.63) is 0 Å². The summed E-state index contributed by atoms with van der Waals surface area (Å²) in [5, 5.41) is 38.2. The number of aliphatic hydroxyl groups is 4. The summed E-state index contributed by atoms with van der Waals surface area (Å²) in [7, 11) is 1.38. The molecule has 5 heteroatoms. The Kier molecular flexibility index (Phi) is 6.43. The van der Waals surface area contributed by atoms with E-state index in [1.165, 1.54) is 7.11 Å². The SMILES string of the molecule is COC[C@@H](O)[C@H](O)[C@H](O)[C@@H](O)CC(C)(C)C. The van der Waals surface area contributed by atoms with Crippen LogP contribution < -0.4 is 0 Å². The van der Waals surface area contributed by atoms with Gasteiger partial charge in [-0.25, -0.2) is 0 Å². The van der Waals surface area contributed by atoms with Crippen molar-refractivity contribution in [3.8, 4) is 0 Å². The summed E-state index contributed by atoms with van der Waals surface area (Å²) < 4.78 is 4.65. The zero-order valence-corrected chi connectivity index (χ0v) is 10.4. The Morgan fingerprint density at radius 1 is 0.938 bits per heavy atom. The van der Waals surface area contributed by atoms with Crippen LogP contribution in [-0.4, -0.2) is 58.6 Å². The molecule has 0 fully saturated rings. The van der Waals surface area contributed by atoms with Crippen molar-refractivity contribution in [1.82, 2.24) is 0 Å². The molecule has 4 N–H and O–H groups in total. The maximum absolute atomic E-state index is 9.68. The summed E-state index contributed by atoms with van der Waals surface area (Å²) in [6.45, 7) is 5.67. The molecule has 4 atom stereocenters. The number of rotatable bonds is 6. The quantitative estimate of drug-likeness (QED) is 0.500. The molecule has 0 saturated heterocycles. The highest BCUT2D eigenvalue weighted by atomic mass is 16.5. The van der Waals surface area contributed by atoms with Gasteiger partial charge >= 0.3 is 0 Å². The van der Waals surface area contributed by atoms with E-state index in [1.54, 1.807) is 0 Å². The zero-order chi connectivity index (χ0) is 12.9. The van der Waals surface area contributed by atoms with Gasteiger partial charge in [0.2, 0.25) is 0 Å². The minimum atomic E-state index is -1.41. The second kappa shape index (κ2) is 6.51. The Morgan fingerprint density at radius 3 is 1.75 bits per heavy atom. The molecular weight excluding hydrogens is 212 g/mol. The first-order valence-corrected chi connectivity index (χ1v) is 5.40. The van der Waals surface area contributed by atoms with Gasteiger partial charge < -0.3 is 25.2 Å². The molecule has 0 amide bonds. The topological polar surface area (TPSA) is 90.2 Å². The molecule has 0 spiro atoms. The van der Waals surface area contributed by atoms with Crippen molar-refractivity contribution in [3.63, 3.8) is 0 Å². The molecule has 0 heterocycles. The summed E-state index contributed by atoms with van der Waals surface area (Å²) in [6, 6.07) is 0. The van der Waals surface area contributed by atoms with Crippen molar-refractivity contribution >= 4 is 0 Å². The van der Waals surface area contributed by atoms with Gasteiger partial charge in [0.05, 0.1) is 12.7 Å². The smallest absolute Gasteiger partial charge is 0.110 e. The van der Waals surface area contributed by atoms with Gasteiger partial charge in [-0.05, 0) is 11.8 Å². The first-order valence-electron chi connectivity index (χ1n) is 5.40. The predicted molar refractivity (Wildman–Crippen MR) is 60.0 cm³/mol. The highest BCUT2D eigenvalue weighted by Crippen LogP contribution is 2.23. The summed E-state index contributed by atoms with van der Waals surface area (Å²) in [4.78, 5) is 0. The number of methoxy groups -OCH3 is 1. The number of hydrogen-bond donors (Lipinski definition) is 4. The molecule has 0 saturated carbocycles. The minimum Gasteiger partial charge on any atom is -0.390 e. The third kappa shape index (κ3) is 5.77. The summed E-state index contributed by atoms with van der Waals surface area (Å²) in [6.07, 6.45) is -4.71. The molecule has 98 valence electrons. The van der Waals surface area contributed by atoms with Crippen LogP contribution in [0.5, 0.6) is 0 Å². The van der Waals surface area contributed by atoms with Crippen molar-refractivity contribution in [2.24, 2.45) is 5.41 Å². The van der Waals surface area contributed by atoms with Gasteiger partial charge in [-0.15, -0.1) is 0 Å². The van der Waals surface area contributed by atoms with Crippen LogP contribution in [0, 0.1) is 5.41 Å². The summed E-state index contributed by atoms with van der Waals surface area (Å²) in [5.41, 5.74) is -0.160. The second-order valence-corrected chi connectivity index (χ2v) is 5.34. The maximum atomic E-state index is 9.68. The molecule has 0 unspecified atom stereocenters. The average molecular weight is 236 g/mol. The highest BCUT2D eigenvalue weighted by Gasteiger charge is 2.32. The lowest BCUT2D eigenvalue weighted by Crippen LogP contribution is -2.47. The number of aliphatic hydroxyl groups excluding tert-OH is 4. The van der Waals surface area contributed by atoms with Crippen LogP contribution >= 0.6 is 0 Å². The van der Waals surface area contributed by atoms with E-state index in [9.17, 15) is 20.4 Å². The summed E-state index contributed by atoms with van der Waals surface area (Å²) >= 11 is 0. The van der Waals surface area contributed by atoms with Crippen LogP contribution in [-0.2, 0) is 4.74 Å². The summed E-state index contributed by atoms with van der Waals surface area (Å²) in [5.74, 6) is 0. The fourth-order valence-corrected chi connectivity index (χ4v) is 1.47. The molecule has 0 radical (unpaired) electrons. The molecule has 0 aliphatic rings. The van der Waals surface area contributed by atoms with Crippen molar-refractivity contribution in [2.45, 2.75) is 51.6 Å². The Labute approximate surface area is 96.7 Å². The van der Waals surface area contributed by atoms with E-state index in [-0.39, 0.29) is 12.0 Å². The van der Waals surface area contributed by atoms with E-state index in [0.29, 0.717) is 6.42 Å². The molecule has 0 aromatic heterocycles. The second-order valence-electron chi connectivity index (χ2n) is 5.34. The van der Waals surface area contributed by atoms with Gasteiger partial charge in [-0.1, -0.05) is 20.8 Å². The fraction of sp³-hybridized carbons (Fsp3) is 1.00. The molecular formula is C11H24O5. The molecule has 0 aromatic carbocycles. The third-order valence-electron chi connectivity index (χ3n) is 2.30. The van der Waals surface area contributed by atoms with Crippen LogP contribution in [0.1, 0.15) is 27.2 Å².